The summed E-state index contributed by atoms with van der Waals surface area (Å²) in [6.45, 7) is 2.16. The Kier molecular flexibility index (Phi) is 4.47. The summed E-state index contributed by atoms with van der Waals surface area (Å²) in [6, 6.07) is 0. The second-order valence-corrected chi connectivity index (χ2v) is 3.80. The molecule has 0 radical (unpaired) electrons. The Labute approximate surface area is 89.0 Å². The third-order valence-electron chi connectivity index (χ3n) is 1.05. The molecule has 1 rings (SSSR count). The van der Waals surface area contributed by atoms with Gasteiger partial charge in [-0.15, -0.1) is 0 Å². The fraction of sp³-hybridized carbons (Fsp3) is 0.500. The molecular formula is C6H7ClN2O2S2. The Morgan fingerprint density at radius 1 is 1.69 bits per heavy atom. The molecule has 0 fully saturated rings. The number of hydrogen-bond donors (Lipinski definition) is 0. The lowest BCUT2D eigenvalue weighted by Gasteiger charge is -1.98. The maximum atomic E-state index is 10.9. The van der Waals surface area contributed by atoms with Crippen LogP contribution in [-0.2, 0) is 9.53 Å². The van der Waals surface area contributed by atoms with Gasteiger partial charge in [0, 0.05) is 0 Å². The molecule has 0 N–H and O–H groups in total. The van der Waals surface area contributed by atoms with Crippen molar-refractivity contribution >= 4 is 41.1 Å². The molecule has 13 heavy (non-hydrogen) atoms. The SMILES string of the molecule is CCOC(=O)CSc1nsnc1Cl. The van der Waals surface area contributed by atoms with Gasteiger partial charge in [0.15, 0.2) is 5.15 Å². The van der Waals surface area contributed by atoms with Crippen molar-refractivity contribution in [1.29, 1.82) is 0 Å². The predicted molar refractivity (Wildman–Crippen MR) is 52.3 cm³/mol. The molecule has 4 nitrogen and oxygen atoms in total. The molecule has 0 aromatic carbocycles. The van der Waals surface area contributed by atoms with E-state index in [1.54, 1.807) is 6.92 Å². The van der Waals surface area contributed by atoms with Crippen LogP contribution in [0.3, 0.4) is 0 Å². The molecule has 0 saturated heterocycles. The first kappa shape index (κ1) is 10.7. The van der Waals surface area contributed by atoms with Gasteiger partial charge in [-0.25, -0.2) is 0 Å². The standard InChI is InChI=1S/C6H7ClN2O2S2/c1-2-11-4(10)3-12-6-5(7)8-13-9-6/h2-3H2,1H3. The van der Waals surface area contributed by atoms with E-state index in [2.05, 4.69) is 8.75 Å². The van der Waals surface area contributed by atoms with Crippen LogP contribution in [0.15, 0.2) is 5.03 Å². The average Bonchev–Trinajstić information content (AvgIpc) is 2.48. The highest BCUT2D eigenvalue weighted by Gasteiger charge is 2.09. The maximum Gasteiger partial charge on any atom is 0.316 e. The third-order valence-corrected chi connectivity index (χ3v) is 3.11. The molecule has 0 unspecified atom stereocenters. The zero-order valence-electron chi connectivity index (χ0n) is 6.82. The van der Waals surface area contributed by atoms with Crippen LogP contribution in [0.4, 0.5) is 0 Å². The summed E-state index contributed by atoms with van der Waals surface area (Å²) in [4.78, 5) is 10.9. The normalized spacial score (nSPS) is 10.0. The Balaban J connectivity index is 2.35. The van der Waals surface area contributed by atoms with Gasteiger partial charge in [-0.1, -0.05) is 23.4 Å². The van der Waals surface area contributed by atoms with Crippen molar-refractivity contribution < 1.29 is 9.53 Å². The summed E-state index contributed by atoms with van der Waals surface area (Å²) in [5.41, 5.74) is 0. The van der Waals surface area contributed by atoms with Crippen molar-refractivity contribution in [2.45, 2.75) is 11.9 Å². The highest BCUT2D eigenvalue weighted by molar-refractivity contribution is 8.00. The summed E-state index contributed by atoms with van der Waals surface area (Å²) in [7, 11) is 0. The highest BCUT2D eigenvalue weighted by Crippen LogP contribution is 2.24. The predicted octanol–water partition coefficient (Wildman–Crippen LogP) is 1.85. The lowest BCUT2D eigenvalue weighted by Crippen LogP contribution is -2.06. The lowest BCUT2D eigenvalue weighted by molar-refractivity contribution is -0.139. The van der Waals surface area contributed by atoms with Crippen molar-refractivity contribution in [3.63, 3.8) is 0 Å². The number of ether oxygens (including phenoxy) is 1. The Bertz CT molecular complexity index is 292. The number of carbonyl (C=O) groups is 1. The zero-order chi connectivity index (χ0) is 9.68. The molecule has 0 aliphatic rings. The number of carbonyl (C=O) groups excluding carboxylic acids is 1. The lowest BCUT2D eigenvalue weighted by atomic mass is 10.8. The van der Waals surface area contributed by atoms with Gasteiger partial charge in [-0.3, -0.25) is 4.79 Å². The third kappa shape index (κ3) is 3.50. The Morgan fingerprint density at radius 2 is 2.46 bits per heavy atom. The highest BCUT2D eigenvalue weighted by atomic mass is 35.5. The van der Waals surface area contributed by atoms with E-state index in [9.17, 15) is 4.79 Å². The van der Waals surface area contributed by atoms with Gasteiger partial charge in [0.25, 0.3) is 0 Å². The van der Waals surface area contributed by atoms with E-state index < -0.39 is 0 Å². The summed E-state index contributed by atoms with van der Waals surface area (Å²) in [6.07, 6.45) is 0. The molecule has 0 atom stereocenters. The fourth-order valence-corrected chi connectivity index (χ4v) is 2.17. The van der Waals surface area contributed by atoms with Gasteiger partial charge >= 0.3 is 5.97 Å². The Hall–Kier alpha value is -0.330. The van der Waals surface area contributed by atoms with E-state index in [-0.39, 0.29) is 11.7 Å². The van der Waals surface area contributed by atoms with Gasteiger partial charge in [0.2, 0.25) is 0 Å². The molecule has 0 amide bonds. The first-order chi connectivity index (χ1) is 6.24. The minimum atomic E-state index is -0.267. The summed E-state index contributed by atoms with van der Waals surface area (Å²) < 4.78 is 12.4. The summed E-state index contributed by atoms with van der Waals surface area (Å²) >= 11 is 7.92. The van der Waals surface area contributed by atoms with Crippen molar-refractivity contribution in [3.05, 3.63) is 5.15 Å². The number of esters is 1. The quantitative estimate of drug-likeness (QED) is 0.592. The molecule has 0 aliphatic carbocycles. The van der Waals surface area contributed by atoms with E-state index in [1.807, 2.05) is 0 Å². The largest absolute Gasteiger partial charge is 0.465 e. The molecular weight excluding hydrogens is 232 g/mol. The van der Waals surface area contributed by atoms with Gasteiger partial charge < -0.3 is 4.74 Å². The van der Waals surface area contributed by atoms with Gasteiger partial charge in [0.05, 0.1) is 24.1 Å². The molecule has 7 heteroatoms. The van der Waals surface area contributed by atoms with Crippen LogP contribution in [0.1, 0.15) is 6.92 Å². The van der Waals surface area contributed by atoms with E-state index in [0.717, 1.165) is 11.7 Å². The molecule has 1 aromatic rings. The van der Waals surface area contributed by atoms with Gasteiger partial charge in [0.1, 0.15) is 5.03 Å². The fourth-order valence-electron chi connectivity index (χ4n) is 0.586. The molecule has 0 aliphatic heterocycles. The number of thioether (sulfide) groups is 1. The maximum absolute atomic E-state index is 10.9. The van der Waals surface area contributed by atoms with Crippen LogP contribution in [0.2, 0.25) is 5.15 Å². The number of nitrogens with zero attached hydrogens (tertiary/aromatic N) is 2. The van der Waals surface area contributed by atoms with Crippen LogP contribution in [0.25, 0.3) is 0 Å². The summed E-state index contributed by atoms with van der Waals surface area (Å²) in [5, 5.41) is 0.930. The summed E-state index contributed by atoms with van der Waals surface area (Å²) in [5.74, 6) is -0.0459. The number of hydrogen-bond acceptors (Lipinski definition) is 6. The van der Waals surface area contributed by atoms with Crippen molar-refractivity contribution in [3.8, 4) is 0 Å². The van der Waals surface area contributed by atoms with Crippen LogP contribution in [0, 0.1) is 0 Å². The van der Waals surface area contributed by atoms with Crippen LogP contribution in [-0.4, -0.2) is 27.1 Å². The molecule has 0 saturated carbocycles. The number of halogens is 1. The van der Waals surface area contributed by atoms with E-state index in [4.69, 9.17) is 16.3 Å². The second-order valence-electron chi connectivity index (χ2n) is 1.95. The molecule has 0 bridgehead atoms. The molecule has 0 spiro atoms. The molecule has 72 valence electrons. The van der Waals surface area contributed by atoms with Gasteiger partial charge in [-0.05, 0) is 6.92 Å². The second kappa shape index (κ2) is 5.41. The van der Waals surface area contributed by atoms with Crippen LogP contribution in [0.5, 0.6) is 0 Å². The van der Waals surface area contributed by atoms with Crippen LogP contribution < -0.4 is 0 Å². The number of rotatable bonds is 4. The van der Waals surface area contributed by atoms with E-state index in [1.165, 1.54) is 11.8 Å². The van der Waals surface area contributed by atoms with E-state index in [0.29, 0.717) is 16.8 Å². The first-order valence-corrected chi connectivity index (χ1v) is 5.60. The monoisotopic (exact) mass is 238 g/mol. The first-order valence-electron chi connectivity index (χ1n) is 3.50. The smallest absolute Gasteiger partial charge is 0.316 e. The molecule has 1 aromatic heterocycles. The van der Waals surface area contributed by atoms with Crippen molar-refractivity contribution in [1.82, 2.24) is 8.75 Å². The van der Waals surface area contributed by atoms with Crippen molar-refractivity contribution in [2.24, 2.45) is 0 Å². The Morgan fingerprint density at radius 3 is 3.00 bits per heavy atom. The van der Waals surface area contributed by atoms with E-state index >= 15 is 0 Å². The van der Waals surface area contributed by atoms with Crippen molar-refractivity contribution in [2.75, 3.05) is 12.4 Å². The minimum Gasteiger partial charge on any atom is -0.465 e. The topological polar surface area (TPSA) is 52.1 Å². The number of aromatic nitrogens is 2. The van der Waals surface area contributed by atoms with Crippen LogP contribution >= 0.6 is 35.1 Å². The minimum absolute atomic E-state index is 0.221. The average molecular weight is 239 g/mol. The van der Waals surface area contributed by atoms with Gasteiger partial charge in [-0.2, -0.15) is 8.75 Å². The zero-order valence-corrected chi connectivity index (χ0v) is 9.21. The molecule has 1 heterocycles.